The molecule has 0 aromatic heterocycles. The van der Waals surface area contributed by atoms with Crippen LogP contribution in [0.5, 0.6) is 0 Å². The van der Waals surface area contributed by atoms with Crippen LogP contribution in [0.25, 0.3) is 0 Å². The predicted molar refractivity (Wildman–Crippen MR) is 53.9 cm³/mol. The van der Waals surface area contributed by atoms with Crippen LogP contribution in [0, 0.1) is 6.10 Å². The maximum Gasteiger partial charge on any atom is 0.139 e. The van der Waals surface area contributed by atoms with Gasteiger partial charge >= 0.3 is 0 Å². The maximum atomic E-state index is 9.83. The number of benzene rings is 1. The minimum absolute atomic E-state index is 0.0578. The van der Waals surface area contributed by atoms with Crippen molar-refractivity contribution in [2.24, 2.45) is 0 Å². The fraction of sp³-hybridized carbons (Fsp3) is 0.364. The molecule has 0 fully saturated rings. The first-order chi connectivity index (χ1) is 6.13. The maximum absolute atomic E-state index is 9.83. The quantitative estimate of drug-likeness (QED) is 0.764. The zero-order valence-electron chi connectivity index (χ0n) is 8.36. The number of aliphatic hydroxyl groups is 1. The van der Waals surface area contributed by atoms with Crippen LogP contribution in [0.15, 0.2) is 30.3 Å². The molecule has 0 bridgehead atoms. The Balaban J connectivity index is 2.73. The standard InChI is InChI=1S/C11H16NO/c1-9(12(2)3)11(13)10-7-5-4-6-8-10/h4-9,13H,1-3H3. The van der Waals surface area contributed by atoms with Crippen molar-refractivity contribution in [1.82, 2.24) is 4.90 Å². The van der Waals surface area contributed by atoms with Crippen molar-refractivity contribution in [1.29, 1.82) is 0 Å². The van der Waals surface area contributed by atoms with E-state index in [0.29, 0.717) is 6.10 Å². The molecule has 0 aliphatic carbocycles. The number of nitrogens with zero attached hydrogens (tertiary/aromatic N) is 1. The summed E-state index contributed by atoms with van der Waals surface area (Å²) in [6, 6.07) is 9.67. The van der Waals surface area contributed by atoms with Gasteiger partial charge in [0.2, 0.25) is 0 Å². The summed E-state index contributed by atoms with van der Waals surface area (Å²) >= 11 is 0. The molecule has 0 saturated carbocycles. The smallest absolute Gasteiger partial charge is 0.139 e. The van der Waals surface area contributed by atoms with Gasteiger partial charge in [0.1, 0.15) is 6.10 Å². The molecule has 0 saturated heterocycles. The molecule has 2 heteroatoms. The van der Waals surface area contributed by atoms with Crippen LogP contribution in [0.4, 0.5) is 0 Å². The molecule has 1 radical (unpaired) electrons. The van der Waals surface area contributed by atoms with Crippen molar-refractivity contribution in [3.63, 3.8) is 0 Å². The van der Waals surface area contributed by atoms with Crippen LogP contribution >= 0.6 is 0 Å². The SMILES string of the molecule is CC([C](O)c1ccccc1)N(C)C. The second-order valence-electron chi connectivity index (χ2n) is 3.39. The number of aliphatic hydroxyl groups excluding tert-OH is 1. The fourth-order valence-electron chi connectivity index (χ4n) is 1.09. The normalized spacial score (nSPS) is 13.7. The number of likely N-dealkylation sites (N-methyl/N-ethyl adjacent to an activating group) is 1. The topological polar surface area (TPSA) is 23.5 Å². The van der Waals surface area contributed by atoms with Gasteiger partial charge in [0, 0.05) is 6.04 Å². The molecule has 1 aromatic rings. The summed E-state index contributed by atoms with van der Waals surface area (Å²) < 4.78 is 0. The van der Waals surface area contributed by atoms with Crippen LogP contribution in [-0.4, -0.2) is 30.1 Å². The number of hydrogen-bond donors (Lipinski definition) is 1. The van der Waals surface area contributed by atoms with Gasteiger partial charge in [-0.2, -0.15) is 0 Å². The highest BCUT2D eigenvalue weighted by molar-refractivity contribution is 5.28. The molecule has 0 spiro atoms. The highest BCUT2D eigenvalue weighted by Gasteiger charge is 2.18. The molecule has 1 aromatic carbocycles. The largest absolute Gasteiger partial charge is 0.380 e. The lowest BCUT2D eigenvalue weighted by Gasteiger charge is -2.24. The van der Waals surface area contributed by atoms with Gasteiger partial charge in [0.05, 0.1) is 0 Å². The van der Waals surface area contributed by atoms with E-state index < -0.39 is 0 Å². The summed E-state index contributed by atoms with van der Waals surface area (Å²) in [5.41, 5.74) is 0.892. The molecule has 0 amide bonds. The Kier molecular flexibility index (Phi) is 3.46. The van der Waals surface area contributed by atoms with Gasteiger partial charge in [-0.1, -0.05) is 30.3 Å². The third kappa shape index (κ3) is 2.54. The lowest BCUT2D eigenvalue weighted by atomic mass is 10.0. The summed E-state index contributed by atoms with van der Waals surface area (Å²) in [6.45, 7) is 1.97. The monoisotopic (exact) mass is 178 g/mol. The van der Waals surface area contributed by atoms with Crippen LogP contribution in [0.1, 0.15) is 12.5 Å². The van der Waals surface area contributed by atoms with E-state index in [4.69, 9.17) is 0 Å². The molecular weight excluding hydrogens is 162 g/mol. The van der Waals surface area contributed by atoms with Gasteiger partial charge in [-0.15, -0.1) is 0 Å². The average molecular weight is 178 g/mol. The van der Waals surface area contributed by atoms with Crippen molar-refractivity contribution < 1.29 is 5.11 Å². The fourth-order valence-corrected chi connectivity index (χ4v) is 1.09. The van der Waals surface area contributed by atoms with Crippen molar-refractivity contribution in [3.05, 3.63) is 42.0 Å². The molecule has 0 aliphatic heterocycles. The lowest BCUT2D eigenvalue weighted by molar-refractivity contribution is 0.203. The van der Waals surface area contributed by atoms with E-state index in [9.17, 15) is 5.11 Å². The van der Waals surface area contributed by atoms with E-state index in [-0.39, 0.29) is 6.04 Å². The summed E-state index contributed by atoms with van der Waals surface area (Å²) in [5.74, 6) is 0. The van der Waals surface area contributed by atoms with Crippen molar-refractivity contribution in [2.45, 2.75) is 13.0 Å². The summed E-state index contributed by atoms with van der Waals surface area (Å²) in [4.78, 5) is 1.97. The van der Waals surface area contributed by atoms with Gasteiger partial charge in [-0.05, 0) is 26.6 Å². The lowest BCUT2D eigenvalue weighted by Crippen LogP contribution is -2.31. The van der Waals surface area contributed by atoms with Crippen LogP contribution in [0.3, 0.4) is 0 Å². The Bertz CT molecular complexity index is 246. The predicted octanol–water partition coefficient (Wildman–Crippen LogP) is 1.89. The second-order valence-corrected chi connectivity index (χ2v) is 3.39. The third-order valence-corrected chi connectivity index (χ3v) is 2.24. The zero-order valence-corrected chi connectivity index (χ0v) is 8.36. The Morgan fingerprint density at radius 1 is 1.23 bits per heavy atom. The van der Waals surface area contributed by atoms with E-state index in [1.54, 1.807) is 0 Å². The van der Waals surface area contributed by atoms with Crippen LogP contribution < -0.4 is 0 Å². The van der Waals surface area contributed by atoms with Gasteiger partial charge in [-0.3, -0.25) is 0 Å². The number of hydrogen-bond acceptors (Lipinski definition) is 2. The third-order valence-electron chi connectivity index (χ3n) is 2.24. The molecular formula is C11H16NO. The number of rotatable bonds is 3. The first-order valence-electron chi connectivity index (χ1n) is 4.40. The Morgan fingerprint density at radius 2 is 1.77 bits per heavy atom. The van der Waals surface area contributed by atoms with Crippen molar-refractivity contribution >= 4 is 0 Å². The van der Waals surface area contributed by atoms with Gasteiger partial charge in [0.25, 0.3) is 0 Å². The first kappa shape index (κ1) is 10.2. The average Bonchev–Trinajstić information content (AvgIpc) is 2.17. The van der Waals surface area contributed by atoms with Gasteiger partial charge in [-0.25, -0.2) is 0 Å². The minimum Gasteiger partial charge on any atom is -0.380 e. The minimum atomic E-state index is 0.0578. The first-order valence-corrected chi connectivity index (χ1v) is 4.40. The van der Waals surface area contributed by atoms with E-state index >= 15 is 0 Å². The molecule has 0 aliphatic rings. The Hall–Kier alpha value is -0.860. The highest BCUT2D eigenvalue weighted by atomic mass is 16.3. The van der Waals surface area contributed by atoms with E-state index in [1.807, 2.05) is 56.3 Å². The summed E-state index contributed by atoms with van der Waals surface area (Å²) in [5, 5.41) is 9.83. The second kappa shape index (κ2) is 4.40. The van der Waals surface area contributed by atoms with Gasteiger partial charge < -0.3 is 10.0 Å². The van der Waals surface area contributed by atoms with Gasteiger partial charge in [0.15, 0.2) is 0 Å². The summed E-state index contributed by atoms with van der Waals surface area (Å²) in [6.07, 6.45) is 0.422. The summed E-state index contributed by atoms with van der Waals surface area (Å²) in [7, 11) is 3.90. The van der Waals surface area contributed by atoms with Crippen LogP contribution in [0.2, 0.25) is 0 Å². The molecule has 13 heavy (non-hydrogen) atoms. The molecule has 71 valence electrons. The molecule has 1 rings (SSSR count). The Morgan fingerprint density at radius 3 is 2.23 bits per heavy atom. The highest BCUT2D eigenvalue weighted by Crippen LogP contribution is 2.17. The van der Waals surface area contributed by atoms with E-state index in [2.05, 4.69) is 0 Å². The van der Waals surface area contributed by atoms with Crippen LogP contribution in [-0.2, 0) is 0 Å². The zero-order chi connectivity index (χ0) is 9.84. The molecule has 1 atom stereocenters. The van der Waals surface area contributed by atoms with E-state index in [1.165, 1.54) is 0 Å². The van der Waals surface area contributed by atoms with Crippen molar-refractivity contribution in [2.75, 3.05) is 14.1 Å². The van der Waals surface area contributed by atoms with E-state index in [0.717, 1.165) is 5.56 Å². The molecule has 0 heterocycles. The molecule has 1 unspecified atom stereocenters. The Labute approximate surface area is 79.8 Å². The van der Waals surface area contributed by atoms with Crippen molar-refractivity contribution in [3.8, 4) is 0 Å². The molecule has 1 N–H and O–H groups in total. The molecule has 2 nitrogen and oxygen atoms in total.